The molecular weight excluding hydrogens is 410 g/mol. The zero-order valence-electron chi connectivity index (χ0n) is 22.2. The van der Waals surface area contributed by atoms with Gasteiger partial charge in [0.2, 0.25) is 0 Å². The van der Waals surface area contributed by atoms with E-state index in [1.54, 1.807) is 0 Å². The summed E-state index contributed by atoms with van der Waals surface area (Å²) < 4.78 is 13.0. The van der Waals surface area contributed by atoms with Gasteiger partial charge in [-0.3, -0.25) is 0 Å². The van der Waals surface area contributed by atoms with Crippen molar-refractivity contribution in [1.82, 2.24) is 5.32 Å². The molecule has 1 aromatic rings. The van der Waals surface area contributed by atoms with Gasteiger partial charge in [0.25, 0.3) is 0 Å². The number of nitrogens with one attached hydrogen (secondary N) is 1. The normalized spacial score (nSPS) is 35.2. The number of benzene rings is 1. The van der Waals surface area contributed by atoms with Gasteiger partial charge in [-0.1, -0.05) is 54.5 Å². The van der Waals surface area contributed by atoms with Crippen LogP contribution in [0.1, 0.15) is 85.3 Å². The minimum Gasteiger partial charge on any atom is -0.504 e. The SMILES string of the molecule is CC.CC[C@]12c3c4ccc(O)c3O[C@H]1[C@H](OC)[C@@H]([C@@H](C)C(C)(C)C)CC2[C@H](NCC1CC1)C4. The average Bonchev–Trinajstić information content (AvgIpc) is 3.56. The van der Waals surface area contributed by atoms with Crippen LogP contribution < -0.4 is 10.1 Å². The maximum absolute atomic E-state index is 10.8. The van der Waals surface area contributed by atoms with E-state index >= 15 is 0 Å². The van der Waals surface area contributed by atoms with Crippen molar-refractivity contribution in [2.45, 2.75) is 104 Å². The van der Waals surface area contributed by atoms with Crippen LogP contribution >= 0.6 is 0 Å². The van der Waals surface area contributed by atoms with Crippen LogP contribution in [0.2, 0.25) is 0 Å². The van der Waals surface area contributed by atoms with Gasteiger partial charge in [-0.05, 0) is 79.4 Å². The molecule has 1 aliphatic heterocycles. The smallest absolute Gasteiger partial charge is 0.165 e. The van der Waals surface area contributed by atoms with Gasteiger partial charge in [0, 0.05) is 24.1 Å². The molecule has 2 N–H and O–H groups in total. The van der Waals surface area contributed by atoms with E-state index in [0.717, 1.165) is 37.5 Å². The molecule has 0 bridgehead atoms. The molecule has 4 aliphatic rings. The molecule has 1 unspecified atom stereocenters. The summed E-state index contributed by atoms with van der Waals surface area (Å²) in [5, 5.41) is 14.8. The maximum atomic E-state index is 10.8. The average molecular weight is 458 g/mol. The predicted molar refractivity (Wildman–Crippen MR) is 135 cm³/mol. The summed E-state index contributed by atoms with van der Waals surface area (Å²) in [6.07, 6.45) is 5.95. The summed E-state index contributed by atoms with van der Waals surface area (Å²) in [6, 6.07) is 4.44. The molecule has 5 rings (SSSR count). The van der Waals surface area contributed by atoms with Crippen LogP contribution in [0.3, 0.4) is 0 Å². The number of ether oxygens (including phenoxy) is 2. The van der Waals surface area contributed by atoms with Crippen LogP contribution in [-0.4, -0.2) is 37.0 Å². The van der Waals surface area contributed by atoms with Crippen molar-refractivity contribution >= 4 is 0 Å². The van der Waals surface area contributed by atoms with Crippen LogP contribution in [0, 0.1) is 29.1 Å². The number of phenols is 1. The van der Waals surface area contributed by atoms with E-state index in [1.807, 2.05) is 27.0 Å². The van der Waals surface area contributed by atoms with Crippen molar-refractivity contribution in [3.63, 3.8) is 0 Å². The number of rotatable bonds is 6. The number of phenolic OH excluding ortho intramolecular Hbond substituents is 1. The Bertz CT molecular complexity index is 842. The first-order valence-corrected chi connectivity index (χ1v) is 13.5. The van der Waals surface area contributed by atoms with Gasteiger partial charge in [0.05, 0.1) is 6.10 Å². The van der Waals surface area contributed by atoms with Crippen molar-refractivity contribution in [2.24, 2.45) is 29.1 Å². The number of aromatic hydroxyl groups is 1. The first-order valence-electron chi connectivity index (χ1n) is 13.5. The van der Waals surface area contributed by atoms with Crippen molar-refractivity contribution in [3.8, 4) is 11.5 Å². The molecule has 0 amide bonds. The molecule has 0 saturated heterocycles. The summed E-state index contributed by atoms with van der Waals surface area (Å²) in [6.45, 7) is 16.9. The minimum absolute atomic E-state index is 0.0345. The molecule has 186 valence electrons. The Balaban J connectivity index is 0.00000126. The van der Waals surface area contributed by atoms with Gasteiger partial charge in [0.1, 0.15) is 6.10 Å². The standard InChI is InChI=1S/C27H41NO3.C2H6/c1-7-27-19-13-18(15(2)26(3,4)5)23(30-6)25(27)31-24-21(29)11-10-17(22(24)27)12-20(19)28-14-16-8-9-16;1-2/h10-11,15-16,18-20,23,25,28-29H,7-9,12-14H2,1-6H3;1-2H3/t15-,18-,19?,20-,23-,25+,27+;/m1./s1. The highest BCUT2D eigenvalue weighted by atomic mass is 16.5. The van der Waals surface area contributed by atoms with Gasteiger partial charge >= 0.3 is 0 Å². The quantitative estimate of drug-likeness (QED) is 0.543. The molecular formula is C29H47NO3. The van der Waals surface area contributed by atoms with Crippen LogP contribution in [-0.2, 0) is 16.6 Å². The molecule has 4 nitrogen and oxygen atoms in total. The molecule has 2 saturated carbocycles. The van der Waals surface area contributed by atoms with Gasteiger partial charge in [-0.15, -0.1) is 0 Å². The summed E-state index contributed by atoms with van der Waals surface area (Å²) in [5.74, 6) is 3.34. The Morgan fingerprint density at radius 3 is 2.52 bits per heavy atom. The van der Waals surface area contributed by atoms with E-state index in [4.69, 9.17) is 9.47 Å². The topological polar surface area (TPSA) is 50.7 Å². The highest BCUT2D eigenvalue weighted by Crippen LogP contribution is 2.64. The van der Waals surface area contributed by atoms with E-state index in [-0.39, 0.29) is 23.0 Å². The molecule has 2 fully saturated rings. The van der Waals surface area contributed by atoms with E-state index in [2.05, 4.69) is 46.0 Å². The van der Waals surface area contributed by atoms with Gasteiger partial charge in [0.15, 0.2) is 11.5 Å². The van der Waals surface area contributed by atoms with Gasteiger partial charge in [-0.25, -0.2) is 0 Å². The highest BCUT2D eigenvalue weighted by Gasteiger charge is 2.65. The first-order chi connectivity index (χ1) is 15.7. The van der Waals surface area contributed by atoms with E-state index < -0.39 is 0 Å². The largest absolute Gasteiger partial charge is 0.504 e. The summed E-state index contributed by atoms with van der Waals surface area (Å²) in [5.41, 5.74) is 2.77. The van der Waals surface area contributed by atoms with Gasteiger partial charge in [-0.2, -0.15) is 0 Å². The third-order valence-corrected chi connectivity index (χ3v) is 9.51. The first kappa shape index (κ1) is 24.9. The maximum Gasteiger partial charge on any atom is 0.165 e. The monoisotopic (exact) mass is 457 g/mol. The Labute approximate surface area is 201 Å². The Kier molecular flexibility index (Phi) is 6.83. The third kappa shape index (κ3) is 3.89. The molecule has 7 atom stereocenters. The molecule has 0 aromatic heterocycles. The lowest BCUT2D eigenvalue weighted by atomic mass is 9.49. The third-order valence-electron chi connectivity index (χ3n) is 9.51. The minimum atomic E-state index is -0.0857. The molecule has 4 heteroatoms. The summed E-state index contributed by atoms with van der Waals surface area (Å²) >= 11 is 0. The second-order valence-electron chi connectivity index (χ2n) is 11.9. The van der Waals surface area contributed by atoms with Crippen molar-refractivity contribution < 1.29 is 14.6 Å². The van der Waals surface area contributed by atoms with Crippen LogP contribution in [0.5, 0.6) is 11.5 Å². The number of hydrogen-bond donors (Lipinski definition) is 2. The Morgan fingerprint density at radius 2 is 1.94 bits per heavy atom. The Morgan fingerprint density at radius 1 is 1.24 bits per heavy atom. The lowest BCUT2D eigenvalue weighted by Crippen LogP contribution is -2.65. The molecule has 0 radical (unpaired) electrons. The molecule has 33 heavy (non-hydrogen) atoms. The van der Waals surface area contributed by atoms with E-state index in [0.29, 0.717) is 29.5 Å². The van der Waals surface area contributed by atoms with Crippen molar-refractivity contribution in [3.05, 3.63) is 23.3 Å². The summed E-state index contributed by atoms with van der Waals surface area (Å²) in [7, 11) is 1.86. The van der Waals surface area contributed by atoms with E-state index in [1.165, 1.54) is 24.0 Å². The lowest BCUT2D eigenvalue weighted by molar-refractivity contribution is -0.135. The molecule has 1 aromatic carbocycles. The van der Waals surface area contributed by atoms with Gasteiger partial charge < -0.3 is 19.9 Å². The highest BCUT2D eigenvalue weighted by molar-refractivity contribution is 5.60. The van der Waals surface area contributed by atoms with Crippen molar-refractivity contribution in [2.75, 3.05) is 13.7 Å². The lowest BCUT2D eigenvalue weighted by Gasteiger charge is -2.57. The van der Waals surface area contributed by atoms with Crippen LogP contribution in [0.25, 0.3) is 0 Å². The predicted octanol–water partition coefficient (Wildman–Crippen LogP) is 6.08. The van der Waals surface area contributed by atoms with Crippen LogP contribution in [0.4, 0.5) is 0 Å². The fourth-order valence-corrected chi connectivity index (χ4v) is 7.23. The fourth-order valence-electron chi connectivity index (χ4n) is 7.23. The Hall–Kier alpha value is -1.26. The summed E-state index contributed by atoms with van der Waals surface area (Å²) in [4.78, 5) is 0. The van der Waals surface area contributed by atoms with Crippen LogP contribution in [0.15, 0.2) is 12.1 Å². The molecule has 0 spiro atoms. The molecule has 1 heterocycles. The van der Waals surface area contributed by atoms with E-state index in [9.17, 15) is 5.11 Å². The zero-order valence-corrected chi connectivity index (χ0v) is 22.2. The zero-order chi connectivity index (χ0) is 24.1. The number of hydrogen-bond acceptors (Lipinski definition) is 4. The molecule has 3 aliphatic carbocycles. The second-order valence-corrected chi connectivity index (χ2v) is 11.9. The van der Waals surface area contributed by atoms with Crippen molar-refractivity contribution in [1.29, 1.82) is 0 Å². The number of methoxy groups -OCH3 is 1. The second kappa shape index (κ2) is 9.07. The fraction of sp³-hybridized carbons (Fsp3) is 0.793.